The van der Waals surface area contributed by atoms with Crippen LogP contribution in [0.25, 0.3) is 11.0 Å². The third-order valence-electron chi connectivity index (χ3n) is 4.44. The molecule has 1 aromatic heterocycles. The predicted molar refractivity (Wildman–Crippen MR) is 77.4 cm³/mol. The van der Waals surface area contributed by atoms with Gasteiger partial charge in [-0.15, -0.1) is 0 Å². The summed E-state index contributed by atoms with van der Waals surface area (Å²) in [5.74, 6) is 1.47. The molecular formula is C15H21N3O. The number of nitrogens with zero attached hydrogens (tertiary/aromatic N) is 2. The van der Waals surface area contributed by atoms with Crippen LogP contribution in [0.1, 0.15) is 39.2 Å². The Morgan fingerprint density at radius 2 is 2.21 bits per heavy atom. The Balaban J connectivity index is 2.19. The van der Waals surface area contributed by atoms with Gasteiger partial charge in [0.25, 0.3) is 0 Å². The summed E-state index contributed by atoms with van der Waals surface area (Å²) in [6.45, 7) is 4.63. The van der Waals surface area contributed by atoms with Crippen molar-refractivity contribution in [1.82, 2.24) is 9.55 Å². The number of ether oxygens (including phenoxy) is 1. The van der Waals surface area contributed by atoms with Crippen LogP contribution in [-0.2, 0) is 0 Å². The molecule has 1 saturated carbocycles. The summed E-state index contributed by atoms with van der Waals surface area (Å²) >= 11 is 0. The maximum atomic E-state index is 6.16. The second-order valence-corrected chi connectivity index (χ2v) is 6.09. The third-order valence-corrected chi connectivity index (χ3v) is 4.44. The molecule has 0 bridgehead atoms. The molecule has 1 atom stereocenters. The molecule has 4 heteroatoms. The molecule has 2 N–H and O–H groups in total. The molecule has 0 radical (unpaired) electrons. The Hall–Kier alpha value is -1.71. The molecule has 0 saturated heterocycles. The highest BCUT2D eigenvalue weighted by Crippen LogP contribution is 2.48. The first-order valence-electron chi connectivity index (χ1n) is 6.84. The number of hydrogen-bond donors (Lipinski definition) is 1. The quantitative estimate of drug-likeness (QED) is 0.899. The number of nitrogens with two attached hydrogens (primary N) is 1. The number of imidazole rings is 1. The van der Waals surface area contributed by atoms with Gasteiger partial charge in [-0.3, -0.25) is 0 Å². The number of rotatable bonds is 2. The summed E-state index contributed by atoms with van der Waals surface area (Å²) in [5, 5.41) is 0. The van der Waals surface area contributed by atoms with Crippen molar-refractivity contribution < 1.29 is 4.74 Å². The van der Waals surface area contributed by atoms with Crippen LogP contribution >= 0.6 is 0 Å². The zero-order valence-corrected chi connectivity index (χ0v) is 11.8. The average Bonchev–Trinajstić information content (AvgIpc) is 2.86. The van der Waals surface area contributed by atoms with Crippen LogP contribution in [0.3, 0.4) is 0 Å². The van der Waals surface area contributed by atoms with E-state index >= 15 is 0 Å². The summed E-state index contributed by atoms with van der Waals surface area (Å²) in [6, 6.07) is 6.36. The second-order valence-electron chi connectivity index (χ2n) is 6.09. The summed E-state index contributed by atoms with van der Waals surface area (Å²) < 4.78 is 7.52. The Labute approximate surface area is 113 Å². The lowest BCUT2D eigenvalue weighted by Gasteiger charge is -2.29. The minimum atomic E-state index is 0.269. The number of methoxy groups -OCH3 is 1. The smallest absolute Gasteiger partial charge is 0.201 e. The molecule has 3 rings (SSSR count). The van der Waals surface area contributed by atoms with Gasteiger partial charge in [-0.25, -0.2) is 4.98 Å². The van der Waals surface area contributed by atoms with Gasteiger partial charge in [-0.1, -0.05) is 20.3 Å². The Morgan fingerprint density at radius 3 is 2.84 bits per heavy atom. The van der Waals surface area contributed by atoms with Crippen molar-refractivity contribution in [2.45, 2.75) is 39.2 Å². The molecule has 0 amide bonds. The van der Waals surface area contributed by atoms with E-state index in [1.54, 1.807) is 7.11 Å². The van der Waals surface area contributed by atoms with Gasteiger partial charge in [0.15, 0.2) is 0 Å². The molecule has 1 fully saturated rings. The number of anilines is 1. The van der Waals surface area contributed by atoms with Crippen molar-refractivity contribution in [2.24, 2.45) is 5.41 Å². The van der Waals surface area contributed by atoms with Crippen LogP contribution in [0.15, 0.2) is 18.2 Å². The largest absolute Gasteiger partial charge is 0.497 e. The Morgan fingerprint density at radius 1 is 1.42 bits per heavy atom. The predicted octanol–water partition coefficient (Wildman–Crippen LogP) is 3.38. The average molecular weight is 259 g/mol. The fraction of sp³-hybridized carbons (Fsp3) is 0.533. The summed E-state index contributed by atoms with van der Waals surface area (Å²) in [7, 11) is 1.69. The fourth-order valence-electron chi connectivity index (χ4n) is 3.33. The van der Waals surface area contributed by atoms with E-state index in [0.717, 1.165) is 16.8 Å². The maximum Gasteiger partial charge on any atom is 0.201 e. The zero-order chi connectivity index (χ0) is 13.6. The highest BCUT2D eigenvalue weighted by molar-refractivity contribution is 5.80. The normalized spacial score (nSPS) is 21.9. The van der Waals surface area contributed by atoms with Gasteiger partial charge in [0.2, 0.25) is 5.95 Å². The van der Waals surface area contributed by atoms with Gasteiger partial charge in [-0.05, 0) is 30.4 Å². The van der Waals surface area contributed by atoms with Crippen molar-refractivity contribution in [3.8, 4) is 5.75 Å². The van der Waals surface area contributed by atoms with E-state index in [0.29, 0.717) is 12.0 Å². The minimum absolute atomic E-state index is 0.269. The molecule has 1 heterocycles. The van der Waals surface area contributed by atoms with Crippen LogP contribution in [0.5, 0.6) is 5.75 Å². The number of nitrogen functional groups attached to an aromatic ring is 1. The van der Waals surface area contributed by atoms with Gasteiger partial charge >= 0.3 is 0 Å². The number of hydrogen-bond acceptors (Lipinski definition) is 3. The Bertz CT molecular complexity index is 615. The van der Waals surface area contributed by atoms with Crippen LogP contribution < -0.4 is 10.5 Å². The second kappa shape index (κ2) is 4.15. The van der Waals surface area contributed by atoms with Crippen LogP contribution in [0.2, 0.25) is 0 Å². The lowest BCUT2D eigenvalue weighted by molar-refractivity contribution is 0.268. The third kappa shape index (κ3) is 1.86. The van der Waals surface area contributed by atoms with E-state index in [-0.39, 0.29) is 5.41 Å². The molecule has 1 aliphatic carbocycles. The molecule has 102 valence electrons. The fourth-order valence-corrected chi connectivity index (χ4v) is 3.33. The molecule has 1 aliphatic rings. The first-order valence-corrected chi connectivity index (χ1v) is 6.84. The number of aromatic nitrogens is 2. The Kier molecular flexibility index (Phi) is 2.69. The standard InChI is InChI=1S/C15H21N3O/c1-15(2)8-4-5-13(15)18-12-9-10(19-3)6-7-11(12)17-14(18)16/h6-7,9,13H,4-5,8H2,1-3H3,(H2,16,17). The van der Waals surface area contributed by atoms with Crippen molar-refractivity contribution >= 4 is 17.0 Å². The molecule has 19 heavy (non-hydrogen) atoms. The van der Waals surface area contributed by atoms with Crippen LogP contribution in [0, 0.1) is 5.41 Å². The van der Waals surface area contributed by atoms with E-state index in [4.69, 9.17) is 10.5 Å². The first-order chi connectivity index (χ1) is 9.03. The van der Waals surface area contributed by atoms with E-state index in [1.807, 2.05) is 18.2 Å². The molecule has 0 spiro atoms. The lowest BCUT2D eigenvalue weighted by Crippen LogP contribution is -2.22. The highest BCUT2D eigenvalue weighted by Gasteiger charge is 2.37. The molecule has 0 aliphatic heterocycles. The van der Waals surface area contributed by atoms with Crippen molar-refractivity contribution in [3.05, 3.63) is 18.2 Å². The van der Waals surface area contributed by atoms with Crippen LogP contribution in [-0.4, -0.2) is 16.7 Å². The maximum absolute atomic E-state index is 6.16. The SMILES string of the molecule is COc1ccc2nc(N)n(C3CCCC3(C)C)c2c1. The van der Waals surface area contributed by atoms with Crippen molar-refractivity contribution in [2.75, 3.05) is 12.8 Å². The van der Waals surface area contributed by atoms with Crippen molar-refractivity contribution in [1.29, 1.82) is 0 Å². The number of fused-ring (bicyclic) bond motifs is 1. The van der Waals surface area contributed by atoms with Gasteiger partial charge in [0.1, 0.15) is 5.75 Å². The van der Waals surface area contributed by atoms with E-state index in [2.05, 4.69) is 23.4 Å². The highest BCUT2D eigenvalue weighted by atomic mass is 16.5. The summed E-state index contributed by atoms with van der Waals surface area (Å²) in [6.07, 6.45) is 3.65. The molecule has 1 aromatic carbocycles. The minimum Gasteiger partial charge on any atom is -0.497 e. The molecule has 4 nitrogen and oxygen atoms in total. The zero-order valence-electron chi connectivity index (χ0n) is 11.8. The van der Waals surface area contributed by atoms with E-state index in [1.165, 1.54) is 19.3 Å². The van der Waals surface area contributed by atoms with E-state index < -0.39 is 0 Å². The van der Waals surface area contributed by atoms with E-state index in [9.17, 15) is 0 Å². The van der Waals surface area contributed by atoms with Gasteiger partial charge in [-0.2, -0.15) is 0 Å². The summed E-state index contributed by atoms with van der Waals surface area (Å²) in [4.78, 5) is 4.48. The van der Waals surface area contributed by atoms with Crippen molar-refractivity contribution in [3.63, 3.8) is 0 Å². The lowest BCUT2D eigenvalue weighted by atomic mass is 9.87. The molecular weight excluding hydrogens is 238 g/mol. The van der Waals surface area contributed by atoms with Gasteiger partial charge < -0.3 is 15.0 Å². The molecule has 2 aromatic rings. The summed E-state index contributed by atoms with van der Waals surface area (Å²) in [5.41, 5.74) is 8.45. The van der Waals surface area contributed by atoms with Gasteiger partial charge in [0, 0.05) is 12.1 Å². The first kappa shape index (κ1) is 12.3. The van der Waals surface area contributed by atoms with Crippen LogP contribution in [0.4, 0.5) is 5.95 Å². The topological polar surface area (TPSA) is 53.1 Å². The van der Waals surface area contributed by atoms with Gasteiger partial charge in [0.05, 0.1) is 18.1 Å². The number of benzene rings is 1. The molecule has 1 unspecified atom stereocenters. The monoisotopic (exact) mass is 259 g/mol.